The van der Waals surface area contributed by atoms with Crippen molar-refractivity contribution in [2.45, 2.75) is 141 Å². The van der Waals surface area contributed by atoms with Crippen LogP contribution in [0, 0.1) is 62.6 Å². The number of ketones is 1. The van der Waals surface area contributed by atoms with Crippen molar-refractivity contribution < 1.29 is 19.8 Å². The van der Waals surface area contributed by atoms with Crippen LogP contribution in [0.4, 0.5) is 10.5 Å². The molecule has 8 atom stereocenters. The Morgan fingerprint density at radius 2 is 1.42 bits per heavy atom. The molecule has 0 aromatic heterocycles. The van der Waals surface area contributed by atoms with Crippen molar-refractivity contribution >= 4 is 17.5 Å². The largest absolute Gasteiger partial charge is 0.393 e. The number of amides is 2. The maximum absolute atomic E-state index is 15.0. The number of Topliss-reactive ketones (excluding diaryl/α,β-unsaturated/α-hetero) is 1. The van der Waals surface area contributed by atoms with Gasteiger partial charge in [-0.05, 0) is 149 Å². The van der Waals surface area contributed by atoms with Crippen molar-refractivity contribution in [3.05, 3.63) is 54.1 Å². The van der Waals surface area contributed by atoms with Gasteiger partial charge in [0.25, 0.3) is 0 Å². The number of fused-ring (bicyclic) bond motifs is 1. The molecular formula is C47H64N2O4. The molecule has 11 aliphatic carbocycles. The van der Waals surface area contributed by atoms with Gasteiger partial charge < -0.3 is 20.4 Å². The molecule has 6 bridgehead atoms. The summed E-state index contributed by atoms with van der Waals surface area (Å²) in [6.07, 6.45) is 26.0. The summed E-state index contributed by atoms with van der Waals surface area (Å²) in [5, 5.41) is 27.7. The van der Waals surface area contributed by atoms with Gasteiger partial charge >= 0.3 is 6.03 Å². The summed E-state index contributed by atoms with van der Waals surface area (Å²) in [5.41, 5.74) is -0.253. The molecule has 0 heterocycles. The molecule has 286 valence electrons. The second-order valence-electron chi connectivity index (χ2n) is 21.1. The first-order chi connectivity index (χ1) is 25.4. The Balaban J connectivity index is 1.02. The molecule has 8 unspecified atom stereocenters. The highest BCUT2D eigenvalue weighted by molar-refractivity contribution is 6.00. The fraction of sp³-hybridized carbons (Fsp3) is 0.745. The zero-order valence-corrected chi connectivity index (χ0v) is 32.5. The number of urea groups is 1. The molecule has 0 aliphatic heterocycles. The molecule has 8 saturated carbocycles. The van der Waals surface area contributed by atoms with E-state index in [1.165, 1.54) is 44.9 Å². The Morgan fingerprint density at radius 3 is 2.11 bits per heavy atom. The summed E-state index contributed by atoms with van der Waals surface area (Å²) in [5.74, 6) is 3.25. The topological polar surface area (TPSA) is 89.9 Å². The molecule has 1 aromatic carbocycles. The van der Waals surface area contributed by atoms with Crippen molar-refractivity contribution in [3.8, 4) is 0 Å². The SMILES string of the molecule is CC12CCC(O)CC13C=CC1(C(C(=O)C4CCCCC4)=C3)C2CCC2(C)C1CCC2(O)CN(CC12CC3CC(CC(C3)C1)C2)C(=O)Nc1ccccc1. The van der Waals surface area contributed by atoms with Crippen LogP contribution in [0.2, 0.25) is 0 Å². The number of nitrogens with zero attached hydrogens (tertiary/aromatic N) is 1. The maximum atomic E-state index is 15.0. The summed E-state index contributed by atoms with van der Waals surface area (Å²) in [7, 11) is 0. The average molecular weight is 721 g/mol. The van der Waals surface area contributed by atoms with Crippen molar-refractivity contribution in [1.29, 1.82) is 0 Å². The van der Waals surface area contributed by atoms with E-state index in [1.807, 2.05) is 30.3 Å². The van der Waals surface area contributed by atoms with Gasteiger partial charge in [0.15, 0.2) is 5.78 Å². The van der Waals surface area contributed by atoms with Crippen molar-refractivity contribution in [2.75, 3.05) is 18.4 Å². The molecule has 0 saturated heterocycles. The lowest BCUT2D eigenvalue weighted by atomic mass is 9.32. The van der Waals surface area contributed by atoms with Crippen LogP contribution in [0.1, 0.15) is 129 Å². The number of aliphatic hydroxyl groups excluding tert-OH is 1. The predicted octanol–water partition coefficient (Wildman–Crippen LogP) is 9.48. The number of anilines is 1. The van der Waals surface area contributed by atoms with Crippen LogP contribution in [0.3, 0.4) is 0 Å². The predicted molar refractivity (Wildman–Crippen MR) is 208 cm³/mol. The first-order valence-electron chi connectivity index (χ1n) is 21.9. The van der Waals surface area contributed by atoms with Gasteiger partial charge in [-0.15, -0.1) is 0 Å². The third-order valence-corrected chi connectivity index (χ3v) is 18.4. The van der Waals surface area contributed by atoms with E-state index in [9.17, 15) is 15.0 Å². The van der Waals surface area contributed by atoms with Gasteiger partial charge in [0, 0.05) is 40.0 Å². The maximum Gasteiger partial charge on any atom is 0.321 e. The zero-order valence-electron chi connectivity index (χ0n) is 32.5. The number of benzene rings is 1. The molecule has 2 spiro atoms. The number of hydrogen-bond donors (Lipinski definition) is 3. The number of rotatable bonds is 7. The Hall–Kier alpha value is -2.44. The summed E-state index contributed by atoms with van der Waals surface area (Å²) in [4.78, 5) is 31.6. The quantitative estimate of drug-likeness (QED) is 0.245. The van der Waals surface area contributed by atoms with Crippen molar-refractivity contribution in [2.24, 2.45) is 62.6 Å². The number of carbonyl (C=O) groups is 2. The third-order valence-electron chi connectivity index (χ3n) is 18.4. The molecular weight excluding hydrogens is 657 g/mol. The Labute approximate surface area is 317 Å². The average Bonchev–Trinajstić information content (AvgIpc) is 3.41. The summed E-state index contributed by atoms with van der Waals surface area (Å²) in [6.45, 7) is 5.88. The number of aliphatic hydroxyl groups is 2. The van der Waals surface area contributed by atoms with Crippen LogP contribution in [0.15, 0.2) is 54.1 Å². The molecule has 6 nitrogen and oxygen atoms in total. The summed E-state index contributed by atoms with van der Waals surface area (Å²) >= 11 is 0. The van der Waals surface area contributed by atoms with E-state index >= 15 is 4.79 Å². The molecule has 12 rings (SSSR count). The van der Waals surface area contributed by atoms with Crippen molar-refractivity contribution in [3.63, 3.8) is 0 Å². The molecule has 1 aromatic rings. The zero-order chi connectivity index (χ0) is 36.4. The van der Waals surface area contributed by atoms with Crippen LogP contribution < -0.4 is 5.32 Å². The van der Waals surface area contributed by atoms with Crippen LogP contribution in [0.25, 0.3) is 0 Å². The van der Waals surface area contributed by atoms with E-state index in [1.54, 1.807) is 0 Å². The van der Waals surface area contributed by atoms with E-state index in [0.29, 0.717) is 31.1 Å². The lowest BCUT2D eigenvalue weighted by molar-refractivity contribution is -0.179. The van der Waals surface area contributed by atoms with Gasteiger partial charge in [-0.1, -0.05) is 69.5 Å². The van der Waals surface area contributed by atoms with E-state index in [4.69, 9.17) is 0 Å². The van der Waals surface area contributed by atoms with Gasteiger partial charge in [-0.2, -0.15) is 0 Å². The number of hydrogen-bond acceptors (Lipinski definition) is 4. The number of allylic oxidation sites excluding steroid dienone is 4. The third kappa shape index (κ3) is 5.01. The standard InChI is InChI=1S/C47H64N2O4/c1-42-16-13-36(50)27-45(42)19-20-47(37(28-45)40(51)34-9-5-3-6-10-34)38(42)14-17-43(2)39(47)15-18-46(43,53)30-49(41(52)48-35-11-7-4-8-12-35)29-44-24-31-21-32(25-44)23-33(22-31)26-44/h4,7-8,11-12,19-20,28,31-34,36,38-39,50,53H,3,5-6,9-10,13-18,21-27,29-30H2,1-2H3,(H,48,52). The second kappa shape index (κ2) is 12.0. The minimum Gasteiger partial charge on any atom is -0.393 e. The molecule has 2 amide bonds. The first kappa shape index (κ1) is 35.0. The minimum atomic E-state index is -1.06. The van der Waals surface area contributed by atoms with Crippen molar-refractivity contribution in [1.82, 2.24) is 4.90 Å². The lowest BCUT2D eigenvalue weighted by Gasteiger charge is -2.71. The van der Waals surface area contributed by atoms with E-state index < -0.39 is 16.4 Å². The molecule has 6 heteroatoms. The highest BCUT2D eigenvalue weighted by Crippen LogP contribution is 2.78. The number of nitrogens with one attached hydrogen (secondary N) is 1. The van der Waals surface area contributed by atoms with Crippen LogP contribution in [-0.4, -0.2) is 51.7 Å². The summed E-state index contributed by atoms with van der Waals surface area (Å²) < 4.78 is 0. The minimum absolute atomic E-state index is 0.0283. The fourth-order valence-corrected chi connectivity index (χ4v) is 16.3. The van der Waals surface area contributed by atoms with Gasteiger partial charge in [0.1, 0.15) is 0 Å². The lowest BCUT2D eigenvalue weighted by Crippen LogP contribution is -2.68. The van der Waals surface area contributed by atoms with Gasteiger partial charge in [-0.25, -0.2) is 4.79 Å². The Kier molecular flexibility index (Phi) is 7.95. The molecule has 11 aliphatic rings. The molecule has 8 fully saturated rings. The van der Waals surface area contributed by atoms with Gasteiger partial charge in [-0.3, -0.25) is 4.79 Å². The highest BCUT2D eigenvalue weighted by Gasteiger charge is 2.75. The first-order valence-corrected chi connectivity index (χ1v) is 21.9. The Morgan fingerprint density at radius 1 is 0.774 bits per heavy atom. The van der Waals surface area contributed by atoms with Crippen LogP contribution >= 0.6 is 0 Å². The van der Waals surface area contributed by atoms with E-state index in [0.717, 1.165) is 93.3 Å². The monoisotopic (exact) mass is 720 g/mol. The number of carbonyl (C=O) groups excluding carboxylic acids is 2. The van der Waals surface area contributed by atoms with Gasteiger partial charge in [0.2, 0.25) is 0 Å². The van der Waals surface area contributed by atoms with Crippen LogP contribution in [-0.2, 0) is 4.79 Å². The fourth-order valence-electron chi connectivity index (χ4n) is 16.3. The summed E-state index contributed by atoms with van der Waals surface area (Å²) in [6, 6.07) is 9.76. The molecule has 53 heavy (non-hydrogen) atoms. The smallest absolute Gasteiger partial charge is 0.321 e. The van der Waals surface area contributed by atoms with E-state index in [2.05, 4.69) is 42.3 Å². The van der Waals surface area contributed by atoms with Gasteiger partial charge in [0.05, 0.1) is 18.2 Å². The Bertz CT molecular complexity index is 1680. The highest BCUT2D eigenvalue weighted by atomic mass is 16.3. The number of para-hydroxylation sites is 1. The molecule has 3 N–H and O–H groups in total. The normalized spacial score (nSPS) is 47.7. The second-order valence-corrected chi connectivity index (χ2v) is 21.1. The van der Waals surface area contributed by atoms with E-state index in [-0.39, 0.29) is 40.2 Å². The van der Waals surface area contributed by atoms with Crippen LogP contribution in [0.5, 0.6) is 0 Å². The molecule has 0 radical (unpaired) electrons.